The number of nitrogens with zero attached hydrogens (tertiary/aromatic N) is 2. The van der Waals surface area contributed by atoms with E-state index >= 15 is 0 Å². The van der Waals surface area contributed by atoms with Gasteiger partial charge in [0.15, 0.2) is 0 Å². The zero-order valence-corrected chi connectivity index (χ0v) is 18.2. The summed E-state index contributed by atoms with van der Waals surface area (Å²) >= 11 is 1.57. The zero-order chi connectivity index (χ0) is 21.6. The molecule has 1 aromatic carbocycles. The minimum atomic E-state index is -0.194. The topological polar surface area (TPSA) is 100.0 Å². The molecule has 3 aromatic rings. The first-order chi connectivity index (χ1) is 15.2. The second-order valence-electron chi connectivity index (χ2n) is 7.43. The summed E-state index contributed by atoms with van der Waals surface area (Å²) in [5.74, 6) is 0.337. The molecule has 160 valence electrons. The van der Waals surface area contributed by atoms with Gasteiger partial charge in [-0.2, -0.15) is 0 Å². The summed E-state index contributed by atoms with van der Waals surface area (Å²) in [5, 5.41) is 16.0. The van der Waals surface area contributed by atoms with E-state index < -0.39 is 0 Å². The van der Waals surface area contributed by atoms with Crippen molar-refractivity contribution in [2.75, 3.05) is 25.6 Å². The lowest BCUT2D eigenvalue weighted by Crippen LogP contribution is -2.39. The molecule has 1 aliphatic heterocycles. The first kappa shape index (κ1) is 21.1. The lowest BCUT2D eigenvalue weighted by atomic mass is 9.98. The van der Waals surface area contributed by atoms with Crippen molar-refractivity contribution < 1.29 is 9.53 Å². The minimum absolute atomic E-state index is 0.102. The maximum atomic E-state index is 12.9. The number of carbonyl (C=O) groups is 1. The van der Waals surface area contributed by atoms with Crippen LogP contribution in [-0.2, 0) is 11.2 Å². The molecular weight excluding hydrogens is 410 g/mol. The summed E-state index contributed by atoms with van der Waals surface area (Å²) in [7, 11) is 1.75. The quantitative estimate of drug-likeness (QED) is 0.491. The second-order valence-corrected chi connectivity index (χ2v) is 8.15. The standard InChI is InChI=1S/C23H25N5O2S/c1-25-22-19(12-24)17(10-15-2-4-16(5-3-15)21-13-31-14-26-21)11-20(28-22)23(29)27-18-6-8-30-9-7-18/h2-5,11-14,18,24H,6-10H2,1H3,(H,25,28)(H,27,29). The van der Waals surface area contributed by atoms with Crippen molar-refractivity contribution in [1.29, 1.82) is 5.41 Å². The van der Waals surface area contributed by atoms with Crippen LogP contribution in [0.15, 0.2) is 41.2 Å². The van der Waals surface area contributed by atoms with E-state index in [4.69, 9.17) is 10.1 Å². The normalized spacial score (nSPS) is 14.2. The summed E-state index contributed by atoms with van der Waals surface area (Å²) in [4.78, 5) is 21.7. The van der Waals surface area contributed by atoms with Crippen molar-refractivity contribution in [3.8, 4) is 11.3 Å². The third kappa shape index (κ3) is 4.98. The lowest BCUT2D eigenvalue weighted by Gasteiger charge is -2.23. The van der Waals surface area contributed by atoms with Gasteiger partial charge in [-0.05, 0) is 36.5 Å². The van der Waals surface area contributed by atoms with Crippen molar-refractivity contribution in [1.82, 2.24) is 15.3 Å². The van der Waals surface area contributed by atoms with Crippen LogP contribution >= 0.6 is 11.3 Å². The van der Waals surface area contributed by atoms with Crippen molar-refractivity contribution in [2.45, 2.75) is 25.3 Å². The SMILES string of the molecule is CNc1nc(C(=O)NC2CCOCC2)cc(Cc2ccc(-c3cscn3)cc2)c1C=N. The van der Waals surface area contributed by atoms with Crippen molar-refractivity contribution >= 4 is 29.3 Å². The van der Waals surface area contributed by atoms with Gasteiger partial charge in [0.25, 0.3) is 5.91 Å². The van der Waals surface area contributed by atoms with Crippen LogP contribution < -0.4 is 10.6 Å². The Balaban J connectivity index is 1.58. The van der Waals surface area contributed by atoms with Crippen molar-refractivity contribution in [3.63, 3.8) is 0 Å². The molecule has 0 atom stereocenters. The number of thiazole rings is 1. The highest BCUT2D eigenvalue weighted by molar-refractivity contribution is 7.07. The Bertz CT molecular complexity index is 1040. The number of hydrogen-bond donors (Lipinski definition) is 3. The average molecular weight is 436 g/mol. The van der Waals surface area contributed by atoms with Gasteiger partial charge in [-0.1, -0.05) is 24.3 Å². The molecule has 0 unspecified atom stereocenters. The molecule has 1 fully saturated rings. The molecule has 0 saturated carbocycles. The number of ether oxygens (including phenoxy) is 1. The highest BCUT2D eigenvalue weighted by Gasteiger charge is 2.20. The van der Waals surface area contributed by atoms with E-state index in [1.165, 1.54) is 6.21 Å². The molecule has 8 heteroatoms. The van der Waals surface area contributed by atoms with E-state index in [1.54, 1.807) is 24.5 Å². The first-order valence-corrected chi connectivity index (χ1v) is 11.2. The number of nitrogens with one attached hydrogen (secondary N) is 3. The summed E-state index contributed by atoms with van der Waals surface area (Å²) in [6.45, 7) is 1.32. The molecular formula is C23H25N5O2S. The molecule has 31 heavy (non-hydrogen) atoms. The summed E-state index contributed by atoms with van der Waals surface area (Å²) < 4.78 is 5.37. The largest absolute Gasteiger partial charge is 0.381 e. The van der Waals surface area contributed by atoms with Crippen LogP contribution in [0.2, 0.25) is 0 Å². The molecule has 7 nitrogen and oxygen atoms in total. The monoisotopic (exact) mass is 435 g/mol. The number of pyridine rings is 1. The molecule has 1 amide bonds. The minimum Gasteiger partial charge on any atom is -0.381 e. The number of benzene rings is 1. The highest BCUT2D eigenvalue weighted by atomic mass is 32.1. The van der Waals surface area contributed by atoms with E-state index in [0.29, 0.717) is 36.7 Å². The van der Waals surface area contributed by atoms with Gasteiger partial charge in [-0.25, -0.2) is 9.97 Å². The van der Waals surface area contributed by atoms with Crippen LogP contribution in [0.3, 0.4) is 0 Å². The number of hydrogen-bond acceptors (Lipinski definition) is 7. The van der Waals surface area contributed by atoms with Gasteiger partial charge in [-0.3, -0.25) is 4.79 Å². The van der Waals surface area contributed by atoms with Gasteiger partial charge >= 0.3 is 0 Å². The molecule has 0 bridgehead atoms. The van der Waals surface area contributed by atoms with Crippen molar-refractivity contribution in [3.05, 3.63) is 63.6 Å². The smallest absolute Gasteiger partial charge is 0.270 e. The number of carbonyl (C=O) groups excluding carboxylic acids is 1. The Morgan fingerprint density at radius 1 is 1.29 bits per heavy atom. The van der Waals surface area contributed by atoms with Gasteiger partial charge < -0.3 is 20.8 Å². The average Bonchev–Trinajstić information content (AvgIpc) is 3.34. The lowest BCUT2D eigenvalue weighted by molar-refractivity contribution is 0.0694. The van der Waals surface area contributed by atoms with Crippen LogP contribution in [0.25, 0.3) is 11.3 Å². The third-order valence-electron chi connectivity index (χ3n) is 5.39. The number of amides is 1. The van der Waals surface area contributed by atoms with Gasteiger partial charge in [0.1, 0.15) is 11.5 Å². The van der Waals surface area contributed by atoms with Gasteiger partial charge in [-0.15, -0.1) is 11.3 Å². The Morgan fingerprint density at radius 3 is 2.71 bits per heavy atom. The fourth-order valence-corrected chi connectivity index (χ4v) is 4.25. The van der Waals surface area contributed by atoms with Crippen LogP contribution in [0.4, 0.5) is 5.82 Å². The molecule has 0 aliphatic carbocycles. The Kier molecular flexibility index (Phi) is 6.69. The predicted octanol–water partition coefficient (Wildman–Crippen LogP) is 3.74. The van der Waals surface area contributed by atoms with E-state index in [0.717, 1.165) is 35.2 Å². The van der Waals surface area contributed by atoms with Crippen LogP contribution in [-0.4, -0.2) is 48.4 Å². The first-order valence-electron chi connectivity index (χ1n) is 10.3. The van der Waals surface area contributed by atoms with Gasteiger partial charge in [0.2, 0.25) is 0 Å². The van der Waals surface area contributed by atoms with Crippen LogP contribution in [0, 0.1) is 5.41 Å². The molecule has 2 aromatic heterocycles. The summed E-state index contributed by atoms with van der Waals surface area (Å²) in [6, 6.07) is 10.1. The molecule has 4 rings (SSSR count). The molecule has 0 radical (unpaired) electrons. The van der Waals surface area contributed by atoms with Crippen LogP contribution in [0.5, 0.6) is 0 Å². The Hall–Kier alpha value is -3.10. The molecule has 1 aliphatic rings. The number of aromatic nitrogens is 2. The molecule has 3 heterocycles. The Morgan fingerprint density at radius 2 is 2.06 bits per heavy atom. The summed E-state index contributed by atoms with van der Waals surface area (Å²) in [5.41, 5.74) is 6.87. The second kappa shape index (κ2) is 9.80. The highest BCUT2D eigenvalue weighted by Crippen LogP contribution is 2.24. The summed E-state index contributed by atoms with van der Waals surface area (Å²) in [6.07, 6.45) is 3.50. The molecule has 0 spiro atoms. The molecule has 3 N–H and O–H groups in total. The maximum absolute atomic E-state index is 12.9. The van der Waals surface area contributed by atoms with E-state index in [9.17, 15) is 4.79 Å². The maximum Gasteiger partial charge on any atom is 0.270 e. The molecule has 1 saturated heterocycles. The fourth-order valence-electron chi connectivity index (χ4n) is 3.69. The third-order valence-corrected chi connectivity index (χ3v) is 5.98. The van der Waals surface area contributed by atoms with Gasteiger partial charge in [0, 0.05) is 49.0 Å². The predicted molar refractivity (Wildman–Crippen MR) is 123 cm³/mol. The van der Waals surface area contributed by atoms with E-state index in [2.05, 4.69) is 32.7 Å². The van der Waals surface area contributed by atoms with E-state index in [1.807, 2.05) is 23.0 Å². The Labute approximate surface area is 185 Å². The zero-order valence-electron chi connectivity index (χ0n) is 17.4. The van der Waals surface area contributed by atoms with Crippen molar-refractivity contribution in [2.24, 2.45) is 0 Å². The number of anilines is 1. The van der Waals surface area contributed by atoms with Crippen LogP contribution in [0.1, 0.15) is 40.0 Å². The fraction of sp³-hybridized carbons (Fsp3) is 0.304. The number of rotatable bonds is 7. The van der Waals surface area contributed by atoms with E-state index in [-0.39, 0.29) is 11.9 Å². The van der Waals surface area contributed by atoms with Gasteiger partial charge in [0.05, 0.1) is 11.2 Å².